The number of pyridine rings is 1. The lowest BCUT2D eigenvalue weighted by Gasteiger charge is -2.21. The highest BCUT2D eigenvalue weighted by molar-refractivity contribution is 5.96. The Morgan fingerprint density at radius 1 is 1.15 bits per heavy atom. The van der Waals surface area contributed by atoms with Crippen LogP contribution >= 0.6 is 0 Å². The predicted molar refractivity (Wildman–Crippen MR) is 97.5 cm³/mol. The second-order valence-electron chi connectivity index (χ2n) is 5.97. The molecule has 1 aromatic heterocycles. The molecule has 1 fully saturated rings. The fraction of sp³-hybridized carbons (Fsp3) is 0.316. The third-order valence-electron chi connectivity index (χ3n) is 4.22. The summed E-state index contributed by atoms with van der Waals surface area (Å²) in [4.78, 5) is 28.3. The van der Waals surface area contributed by atoms with Gasteiger partial charge in [-0.05, 0) is 37.1 Å². The molecule has 1 aliphatic rings. The number of anilines is 3. The third kappa shape index (κ3) is 4.37. The standard InChI is InChI=1S/C19H21N3O4/c1-25-19(24)15-4-2-3-5-16(15)22-17-7-6-14(12-20-17)21-18(23)13-8-10-26-11-9-13/h2-7,12-13H,8-11H2,1H3,(H,20,22)(H,21,23). The summed E-state index contributed by atoms with van der Waals surface area (Å²) in [6.45, 7) is 1.25. The molecule has 7 heteroatoms. The zero-order chi connectivity index (χ0) is 18.4. The van der Waals surface area contributed by atoms with Gasteiger partial charge in [-0.15, -0.1) is 0 Å². The van der Waals surface area contributed by atoms with Gasteiger partial charge in [-0.1, -0.05) is 12.1 Å². The minimum Gasteiger partial charge on any atom is -0.465 e. The summed E-state index contributed by atoms with van der Waals surface area (Å²) in [6, 6.07) is 10.5. The van der Waals surface area contributed by atoms with Crippen LogP contribution in [0.1, 0.15) is 23.2 Å². The number of carbonyl (C=O) groups excluding carboxylic acids is 2. The van der Waals surface area contributed by atoms with Crippen molar-refractivity contribution in [1.82, 2.24) is 4.98 Å². The van der Waals surface area contributed by atoms with Crippen LogP contribution in [0, 0.1) is 5.92 Å². The van der Waals surface area contributed by atoms with E-state index in [4.69, 9.17) is 9.47 Å². The highest BCUT2D eigenvalue weighted by atomic mass is 16.5. The van der Waals surface area contributed by atoms with Gasteiger partial charge in [0, 0.05) is 19.1 Å². The number of aromatic nitrogens is 1. The van der Waals surface area contributed by atoms with Crippen molar-refractivity contribution in [3.63, 3.8) is 0 Å². The molecule has 0 spiro atoms. The Labute approximate surface area is 151 Å². The summed E-state index contributed by atoms with van der Waals surface area (Å²) < 4.78 is 10.1. The molecule has 7 nitrogen and oxygen atoms in total. The van der Waals surface area contributed by atoms with E-state index in [-0.39, 0.29) is 11.8 Å². The van der Waals surface area contributed by atoms with Gasteiger partial charge < -0.3 is 20.1 Å². The minimum atomic E-state index is -0.423. The van der Waals surface area contributed by atoms with E-state index in [2.05, 4.69) is 15.6 Å². The number of esters is 1. The molecule has 136 valence electrons. The van der Waals surface area contributed by atoms with Gasteiger partial charge in [0.05, 0.1) is 30.2 Å². The highest BCUT2D eigenvalue weighted by Crippen LogP contribution is 2.22. The molecule has 1 aliphatic heterocycles. The summed E-state index contributed by atoms with van der Waals surface area (Å²) >= 11 is 0. The largest absolute Gasteiger partial charge is 0.465 e. The lowest BCUT2D eigenvalue weighted by Crippen LogP contribution is -2.28. The summed E-state index contributed by atoms with van der Waals surface area (Å²) in [5.41, 5.74) is 1.66. The first-order valence-corrected chi connectivity index (χ1v) is 8.46. The number of hydrogen-bond acceptors (Lipinski definition) is 6. The smallest absolute Gasteiger partial charge is 0.339 e. The van der Waals surface area contributed by atoms with Crippen LogP contribution in [0.2, 0.25) is 0 Å². The van der Waals surface area contributed by atoms with Gasteiger partial charge in [-0.2, -0.15) is 0 Å². The number of ether oxygens (including phenoxy) is 2. The topological polar surface area (TPSA) is 89.6 Å². The number of amides is 1. The lowest BCUT2D eigenvalue weighted by atomic mass is 9.99. The van der Waals surface area contributed by atoms with Crippen molar-refractivity contribution in [3.05, 3.63) is 48.2 Å². The molecule has 26 heavy (non-hydrogen) atoms. The number of carbonyl (C=O) groups is 2. The van der Waals surface area contributed by atoms with Crippen molar-refractivity contribution in [2.45, 2.75) is 12.8 Å². The van der Waals surface area contributed by atoms with Gasteiger partial charge in [0.25, 0.3) is 0 Å². The van der Waals surface area contributed by atoms with Crippen molar-refractivity contribution < 1.29 is 19.1 Å². The third-order valence-corrected chi connectivity index (χ3v) is 4.22. The van der Waals surface area contributed by atoms with Gasteiger partial charge in [0.15, 0.2) is 0 Å². The molecule has 2 aromatic rings. The Bertz CT molecular complexity index is 771. The van der Waals surface area contributed by atoms with Crippen LogP contribution in [0.25, 0.3) is 0 Å². The number of nitrogens with zero attached hydrogens (tertiary/aromatic N) is 1. The first-order valence-electron chi connectivity index (χ1n) is 8.46. The normalized spacial score (nSPS) is 14.5. The van der Waals surface area contributed by atoms with E-state index in [1.54, 1.807) is 36.5 Å². The molecule has 1 saturated heterocycles. The van der Waals surface area contributed by atoms with E-state index >= 15 is 0 Å². The van der Waals surface area contributed by atoms with E-state index in [0.29, 0.717) is 36.0 Å². The first-order chi connectivity index (χ1) is 12.7. The van der Waals surface area contributed by atoms with Crippen LogP contribution in [-0.2, 0) is 14.3 Å². The van der Waals surface area contributed by atoms with Crippen LogP contribution in [0.3, 0.4) is 0 Å². The Morgan fingerprint density at radius 2 is 1.92 bits per heavy atom. The molecular formula is C19H21N3O4. The number of hydrogen-bond donors (Lipinski definition) is 2. The van der Waals surface area contributed by atoms with E-state index in [1.165, 1.54) is 7.11 Å². The maximum Gasteiger partial charge on any atom is 0.339 e. The average molecular weight is 355 g/mol. The molecule has 2 N–H and O–H groups in total. The quantitative estimate of drug-likeness (QED) is 0.802. The highest BCUT2D eigenvalue weighted by Gasteiger charge is 2.21. The maximum absolute atomic E-state index is 12.2. The van der Waals surface area contributed by atoms with Crippen molar-refractivity contribution in [2.24, 2.45) is 5.92 Å². The monoisotopic (exact) mass is 355 g/mol. The molecule has 0 saturated carbocycles. The van der Waals surface area contributed by atoms with E-state index in [9.17, 15) is 9.59 Å². The summed E-state index contributed by atoms with van der Waals surface area (Å²) in [5.74, 6) is 0.110. The number of rotatable bonds is 5. The van der Waals surface area contributed by atoms with E-state index < -0.39 is 5.97 Å². The van der Waals surface area contributed by atoms with Gasteiger partial charge >= 0.3 is 5.97 Å². The molecule has 0 atom stereocenters. The maximum atomic E-state index is 12.2. The van der Waals surface area contributed by atoms with Gasteiger partial charge in [-0.3, -0.25) is 4.79 Å². The minimum absolute atomic E-state index is 0.00755. The van der Waals surface area contributed by atoms with E-state index in [1.807, 2.05) is 6.07 Å². The molecule has 0 bridgehead atoms. The summed E-state index contributed by atoms with van der Waals surface area (Å²) in [5, 5.41) is 5.97. The van der Waals surface area contributed by atoms with Crippen molar-refractivity contribution >= 4 is 29.1 Å². The Kier molecular flexibility index (Phi) is 5.80. The van der Waals surface area contributed by atoms with Crippen molar-refractivity contribution in [3.8, 4) is 0 Å². The molecule has 0 aliphatic carbocycles. The molecule has 3 rings (SSSR count). The van der Waals surface area contributed by atoms with Crippen LogP contribution in [-0.4, -0.2) is 37.2 Å². The second kappa shape index (κ2) is 8.44. The summed E-state index contributed by atoms with van der Waals surface area (Å²) in [6.07, 6.45) is 3.06. The molecule has 0 radical (unpaired) electrons. The molecule has 1 amide bonds. The van der Waals surface area contributed by atoms with Gasteiger partial charge in [0.1, 0.15) is 5.82 Å². The van der Waals surface area contributed by atoms with Crippen molar-refractivity contribution in [1.29, 1.82) is 0 Å². The van der Waals surface area contributed by atoms with Crippen molar-refractivity contribution in [2.75, 3.05) is 31.0 Å². The van der Waals surface area contributed by atoms with Crippen LogP contribution < -0.4 is 10.6 Å². The SMILES string of the molecule is COC(=O)c1ccccc1Nc1ccc(NC(=O)C2CCOCC2)cn1. The van der Waals surface area contributed by atoms with Crippen LogP contribution in [0.5, 0.6) is 0 Å². The molecule has 2 heterocycles. The number of methoxy groups -OCH3 is 1. The van der Waals surface area contributed by atoms with Gasteiger partial charge in [-0.25, -0.2) is 9.78 Å². The zero-order valence-corrected chi connectivity index (χ0v) is 14.5. The first kappa shape index (κ1) is 17.9. The van der Waals surface area contributed by atoms with Gasteiger partial charge in [0.2, 0.25) is 5.91 Å². The van der Waals surface area contributed by atoms with E-state index in [0.717, 1.165) is 12.8 Å². The molecule has 0 unspecified atom stereocenters. The zero-order valence-electron chi connectivity index (χ0n) is 14.5. The number of benzene rings is 1. The molecule has 1 aromatic carbocycles. The Balaban J connectivity index is 1.65. The Morgan fingerprint density at radius 3 is 2.62 bits per heavy atom. The predicted octanol–water partition coefficient (Wildman–Crippen LogP) is 2.98. The summed E-state index contributed by atoms with van der Waals surface area (Å²) in [7, 11) is 1.34. The second-order valence-corrected chi connectivity index (χ2v) is 5.97. The number of para-hydroxylation sites is 1. The fourth-order valence-electron chi connectivity index (χ4n) is 2.76. The lowest BCUT2D eigenvalue weighted by molar-refractivity contribution is -0.122. The molecular weight excluding hydrogens is 334 g/mol. The fourth-order valence-corrected chi connectivity index (χ4v) is 2.76. The number of nitrogens with one attached hydrogen (secondary N) is 2. The van der Waals surface area contributed by atoms with Crippen LogP contribution in [0.15, 0.2) is 42.6 Å². The Hall–Kier alpha value is -2.93. The average Bonchev–Trinajstić information content (AvgIpc) is 2.70. The van der Waals surface area contributed by atoms with Crippen LogP contribution in [0.4, 0.5) is 17.2 Å².